The van der Waals surface area contributed by atoms with E-state index in [4.69, 9.17) is 11.2 Å². The summed E-state index contributed by atoms with van der Waals surface area (Å²) in [5, 5.41) is 0. The van der Waals surface area contributed by atoms with Gasteiger partial charge in [0.25, 0.3) is 0 Å². The molecule has 2 nitrogen and oxygen atoms in total. The van der Waals surface area contributed by atoms with Gasteiger partial charge in [0.1, 0.15) is 12.4 Å². The van der Waals surface area contributed by atoms with Crippen LogP contribution >= 0.6 is 0 Å². The molecule has 1 saturated carbocycles. The highest BCUT2D eigenvalue weighted by molar-refractivity contribution is 5.78. The lowest BCUT2D eigenvalue weighted by molar-refractivity contribution is -0.147. The highest BCUT2D eigenvalue weighted by Crippen LogP contribution is 2.59. The van der Waals surface area contributed by atoms with Crippen molar-refractivity contribution < 1.29 is 22.7 Å². The standard InChI is InChI=1S/C19H19F3O2/c1-6-8-13-14(19(13,4)5)18(23)24-9-12-10(3)15(20)11(7-2)16(21)17(12)22/h2,6,8,13-14H,9H2,1,3-5H3/t13-,14+/m1/s1. The maximum Gasteiger partial charge on any atom is 0.310 e. The molecule has 0 radical (unpaired) electrons. The number of hydrogen-bond donors (Lipinski definition) is 0. The van der Waals surface area contributed by atoms with Crippen molar-refractivity contribution in [3.05, 3.63) is 46.3 Å². The summed E-state index contributed by atoms with van der Waals surface area (Å²) >= 11 is 0. The second kappa shape index (κ2) is 6.35. The molecule has 0 amide bonds. The molecule has 0 bridgehead atoms. The van der Waals surface area contributed by atoms with Gasteiger partial charge in [-0.1, -0.05) is 31.9 Å². The first-order valence-electron chi connectivity index (χ1n) is 7.60. The molecule has 0 unspecified atom stereocenters. The number of benzene rings is 1. The molecule has 1 aromatic carbocycles. The Bertz CT molecular complexity index is 728. The SMILES string of the molecule is C#Cc1c(F)c(C)c(COC(=O)[C@@H]2[C@@H](C=CC)C2(C)C)c(F)c1F. The first-order valence-corrected chi connectivity index (χ1v) is 7.60. The van der Waals surface area contributed by atoms with E-state index in [0.29, 0.717) is 0 Å². The number of allylic oxidation sites excluding steroid dienone is 2. The van der Waals surface area contributed by atoms with E-state index in [0.717, 1.165) is 0 Å². The largest absolute Gasteiger partial charge is 0.460 e. The number of hydrogen-bond acceptors (Lipinski definition) is 2. The van der Waals surface area contributed by atoms with Gasteiger partial charge in [-0.05, 0) is 30.7 Å². The second-order valence-electron chi connectivity index (χ2n) is 6.52. The smallest absolute Gasteiger partial charge is 0.310 e. The third kappa shape index (κ3) is 2.82. The van der Waals surface area contributed by atoms with Gasteiger partial charge in [0.2, 0.25) is 0 Å². The Labute approximate surface area is 139 Å². The lowest BCUT2D eigenvalue weighted by Gasteiger charge is -2.12. The number of rotatable bonds is 4. The van der Waals surface area contributed by atoms with Crippen LogP contribution in [0, 0.1) is 54.0 Å². The van der Waals surface area contributed by atoms with Crippen LogP contribution in [0.2, 0.25) is 0 Å². The zero-order chi connectivity index (χ0) is 18.2. The molecule has 0 spiro atoms. The van der Waals surface area contributed by atoms with Gasteiger partial charge in [-0.15, -0.1) is 6.42 Å². The topological polar surface area (TPSA) is 26.3 Å². The van der Waals surface area contributed by atoms with Crippen LogP contribution in [0.15, 0.2) is 12.2 Å². The summed E-state index contributed by atoms with van der Waals surface area (Å²) < 4.78 is 46.9. The number of ether oxygens (including phenoxy) is 1. The summed E-state index contributed by atoms with van der Waals surface area (Å²) in [5.74, 6) is -2.77. The molecule has 5 heteroatoms. The van der Waals surface area contributed by atoms with E-state index >= 15 is 0 Å². The third-order valence-electron chi connectivity index (χ3n) is 4.75. The van der Waals surface area contributed by atoms with Crippen LogP contribution in [0.4, 0.5) is 13.2 Å². The van der Waals surface area contributed by atoms with Crippen LogP contribution in [0.1, 0.15) is 37.5 Å². The summed E-state index contributed by atoms with van der Waals surface area (Å²) in [5.41, 5.74) is -1.49. The summed E-state index contributed by atoms with van der Waals surface area (Å²) in [7, 11) is 0. The van der Waals surface area contributed by atoms with Gasteiger partial charge in [0.15, 0.2) is 11.6 Å². The van der Waals surface area contributed by atoms with Crippen LogP contribution in [0.3, 0.4) is 0 Å². The number of halogens is 3. The van der Waals surface area contributed by atoms with Gasteiger partial charge in [0, 0.05) is 5.56 Å². The van der Waals surface area contributed by atoms with Crippen LogP contribution in [0.25, 0.3) is 0 Å². The average molecular weight is 336 g/mol. The Morgan fingerprint density at radius 3 is 2.46 bits per heavy atom. The summed E-state index contributed by atoms with van der Waals surface area (Å²) in [6.45, 7) is 6.44. The number of carbonyl (C=O) groups is 1. The molecule has 0 aromatic heterocycles. The fourth-order valence-corrected chi connectivity index (χ4v) is 3.05. The summed E-state index contributed by atoms with van der Waals surface area (Å²) in [6.07, 6.45) is 8.76. The number of terminal acetylenes is 1. The normalized spacial score (nSPS) is 21.6. The summed E-state index contributed by atoms with van der Waals surface area (Å²) in [4.78, 5) is 12.2. The molecule has 1 aliphatic rings. The molecule has 0 aliphatic heterocycles. The Kier molecular flexibility index (Phi) is 4.80. The molecule has 0 saturated heterocycles. The van der Waals surface area contributed by atoms with Crippen molar-refractivity contribution in [2.45, 2.75) is 34.3 Å². The molecule has 2 rings (SSSR count). The molecule has 0 N–H and O–H groups in total. The maximum atomic E-state index is 14.1. The predicted molar refractivity (Wildman–Crippen MR) is 84.4 cm³/mol. The molecule has 24 heavy (non-hydrogen) atoms. The van der Waals surface area contributed by atoms with Crippen LogP contribution in [-0.2, 0) is 16.1 Å². The van der Waals surface area contributed by atoms with Gasteiger partial charge >= 0.3 is 5.97 Å². The van der Waals surface area contributed by atoms with Crippen molar-refractivity contribution in [1.82, 2.24) is 0 Å². The van der Waals surface area contributed by atoms with E-state index in [9.17, 15) is 18.0 Å². The van der Waals surface area contributed by atoms with Crippen LogP contribution in [0.5, 0.6) is 0 Å². The molecule has 1 fully saturated rings. The van der Waals surface area contributed by atoms with Gasteiger partial charge in [0.05, 0.1) is 11.5 Å². The number of carbonyl (C=O) groups excluding carboxylic acids is 1. The number of esters is 1. The van der Waals surface area contributed by atoms with Crippen molar-refractivity contribution in [3.8, 4) is 12.3 Å². The minimum absolute atomic E-state index is 0.0400. The lowest BCUT2D eigenvalue weighted by atomic mass is 10.0. The van der Waals surface area contributed by atoms with E-state index in [1.54, 1.807) is 5.92 Å². The van der Waals surface area contributed by atoms with Crippen LogP contribution < -0.4 is 0 Å². The van der Waals surface area contributed by atoms with E-state index in [1.165, 1.54) is 6.92 Å². The fourth-order valence-electron chi connectivity index (χ4n) is 3.05. The predicted octanol–water partition coefficient (Wildman–Crippen LogP) is 4.29. The van der Waals surface area contributed by atoms with Gasteiger partial charge in [-0.25, -0.2) is 13.2 Å². The highest BCUT2D eigenvalue weighted by atomic mass is 19.2. The lowest BCUT2D eigenvalue weighted by Crippen LogP contribution is -2.14. The van der Waals surface area contributed by atoms with Crippen molar-refractivity contribution in [2.24, 2.45) is 17.3 Å². The van der Waals surface area contributed by atoms with Gasteiger partial charge < -0.3 is 4.74 Å². The first kappa shape index (κ1) is 18.1. The molecule has 1 aliphatic carbocycles. The second-order valence-corrected chi connectivity index (χ2v) is 6.52. The molecular weight excluding hydrogens is 317 g/mol. The van der Waals surface area contributed by atoms with Gasteiger partial charge in [-0.3, -0.25) is 4.79 Å². The summed E-state index contributed by atoms with van der Waals surface area (Å²) in [6, 6.07) is 0. The zero-order valence-electron chi connectivity index (χ0n) is 14.0. The molecule has 1 aromatic rings. The minimum Gasteiger partial charge on any atom is -0.460 e. The Hall–Kier alpha value is -2.22. The van der Waals surface area contributed by atoms with Crippen molar-refractivity contribution in [2.75, 3.05) is 0 Å². The Morgan fingerprint density at radius 1 is 1.29 bits per heavy atom. The van der Waals surface area contributed by atoms with E-state index in [1.807, 2.05) is 32.9 Å². The average Bonchev–Trinajstić information content (AvgIpc) is 3.07. The maximum absolute atomic E-state index is 14.1. The molecule has 0 heterocycles. The molecule has 128 valence electrons. The molecular formula is C19H19F3O2. The van der Waals surface area contributed by atoms with Crippen molar-refractivity contribution in [3.63, 3.8) is 0 Å². The Morgan fingerprint density at radius 2 is 1.92 bits per heavy atom. The van der Waals surface area contributed by atoms with E-state index in [-0.39, 0.29) is 28.4 Å². The van der Waals surface area contributed by atoms with Gasteiger partial charge in [-0.2, -0.15) is 0 Å². The third-order valence-corrected chi connectivity index (χ3v) is 4.75. The molecule has 2 atom stereocenters. The Balaban J connectivity index is 2.20. The zero-order valence-corrected chi connectivity index (χ0v) is 14.0. The first-order chi connectivity index (χ1) is 11.2. The van der Waals surface area contributed by atoms with E-state index in [2.05, 4.69) is 0 Å². The monoisotopic (exact) mass is 336 g/mol. The van der Waals surface area contributed by atoms with Crippen molar-refractivity contribution >= 4 is 5.97 Å². The minimum atomic E-state index is -1.44. The van der Waals surface area contributed by atoms with Crippen molar-refractivity contribution in [1.29, 1.82) is 0 Å². The van der Waals surface area contributed by atoms with E-state index < -0.39 is 35.6 Å². The highest BCUT2D eigenvalue weighted by Gasteiger charge is 2.61. The fraction of sp³-hybridized carbons (Fsp3) is 0.421. The quantitative estimate of drug-likeness (QED) is 0.355. The van der Waals surface area contributed by atoms with Crippen LogP contribution in [-0.4, -0.2) is 5.97 Å².